The summed E-state index contributed by atoms with van der Waals surface area (Å²) in [6.45, 7) is 14.9. The Labute approximate surface area is 143 Å². The van der Waals surface area contributed by atoms with Crippen LogP contribution in [0.15, 0.2) is 23.8 Å². The van der Waals surface area contributed by atoms with E-state index in [1.54, 1.807) is 0 Å². The first-order valence-electron chi connectivity index (χ1n) is 8.85. The van der Waals surface area contributed by atoms with Crippen molar-refractivity contribution in [2.45, 2.75) is 85.9 Å². The van der Waals surface area contributed by atoms with Gasteiger partial charge in [0.2, 0.25) is 0 Å². The summed E-state index contributed by atoms with van der Waals surface area (Å²) in [5, 5.41) is 0. The summed E-state index contributed by atoms with van der Waals surface area (Å²) in [6, 6.07) is 0. The van der Waals surface area contributed by atoms with E-state index in [1.807, 2.05) is 19.9 Å². The van der Waals surface area contributed by atoms with Crippen LogP contribution in [-0.4, -0.2) is 24.3 Å². The predicted octanol–water partition coefficient (Wildman–Crippen LogP) is 5.45. The van der Waals surface area contributed by atoms with Crippen molar-refractivity contribution in [3.63, 3.8) is 0 Å². The fourth-order valence-electron chi connectivity index (χ4n) is 2.60. The molecule has 23 heavy (non-hydrogen) atoms. The molecule has 3 heteroatoms. The van der Waals surface area contributed by atoms with Crippen LogP contribution in [0.3, 0.4) is 0 Å². The standard InChI is InChI=1S/C20H36O3/c1-8-22-19(21)15-18(5)12-9-11-17(4)13-10-14-20(6,7)23-16(2)3/h9,12,15-17H,8,10-11,13-14H2,1-7H3. The number of carbonyl (C=O) groups excluding carboxylic acids is 1. The van der Waals surface area contributed by atoms with E-state index in [0.29, 0.717) is 12.5 Å². The maximum Gasteiger partial charge on any atom is 0.330 e. The molecule has 0 aromatic carbocycles. The summed E-state index contributed by atoms with van der Waals surface area (Å²) < 4.78 is 10.8. The van der Waals surface area contributed by atoms with E-state index in [1.165, 1.54) is 18.9 Å². The zero-order valence-electron chi connectivity index (χ0n) is 16.1. The Morgan fingerprint density at radius 2 is 1.87 bits per heavy atom. The molecule has 3 nitrogen and oxygen atoms in total. The largest absolute Gasteiger partial charge is 0.463 e. The molecule has 0 saturated carbocycles. The van der Waals surface area contributed by atoms with E-state index in [9.17, 15) is 4.79 Å². The number of carbonyl (C=O) groups is 1. The molecule has 0 aliphatic heterocycles. The molecule has 0 aromatic rings. The van der Waals surface area contributed by atoms with Crippen LogP contribution in [0.5, 0.6) is 0 Å². The van der Waals surface area contributed by atoms with Crippen molar-refractivity contribution < 1.29 is 14.3 Å². The minimum atomic E-state index is -0.268. The number of allylic oxidation sites excluding steroid dienone is 3. The van der Waals surface area contributed by atoms with Gasteiger partial charge in [0.15, 0.2) is 0 Å². The Hall–Kier alpha value is -1.09. The zero-order chi connectivity index (χ0) is 17.9. The second kappa shape index (κ2) is 11.4. The number of esters is 1. The van der Waals surface area contributed by atoms with Gasteiger partial charge in [-0.05, 0) is 65.9 Å². The third-order valence-electron chi connectivity index (χ3n) is 3.58. The summed E-state index contributed by atoms with van der Waals surface area (Å²) in [7, 11) is 0. The molecule has 0 N–H and O–H groups in total. The van der Waals surface area contributed by atoms with Crippen LogP contribution >= 0.6 is 0 Å². The summed E-state index contributed by atoms with van der Waals surface area (Å²) in [4.78, 5) is 11.3. The number of hydrogen-bond acceptors (Lipinski definition) is 3. The first-order valence-corrected chi connectivity index (χ1v) is 8.85. The van der Waals surface area contributed by atoms with Gasteiger partial charge in [-0.3, -0.25) is 0 Å². The molecule has 0 aliphatic rings. The van der Waals surface area contributed by atoms with Gasteiger partial charge >= 0.3 is 5.97 Å². The van der Waals surface area contributed by atoms with Gasteiger partial charge in [-0.25, -0.2) is 4.79 Å². The molecule has 0 heterocycles. The average molecular weight is 325 g/mol. The zero-order valence-corrected chi connectivity index (χ0v) is 16.1. The van der Waals surface area contributed by atoms with Crippen LogP contribution in [0.4, 0.5) is 0 Å². The molecule has 1 unspecified atom stereocenters. The third-order valence-corrected chi connectivity index (χ3v) is 3.58. The van der Waals surface area contributed by atoms with Gasteiger partial charge < -0.3 is 9.47 Å². The van der Waals surface area contributed by atoms with Gasteiger partial charge in [0.05, 0.1) is 18.3 Å². The van der Waals surface area contributed by atoms with E-state index in [4.69, 9.17) is 9.47 Å². The van der Waals surface area contributed by atoms with Crippen molar-refractivity contribution in [1.82, 2.24) is 0 Å². The van der Waals surface area contributed by atoms with Gasteiger partial charge in [-0.2, -0.15) is 0 Å². The highest BCUT2D eigenvalue weighted by Crippen LogP contribution is 2.22. The summed E-state index contributed by atoms with van der Waals surface area (Å²) in [5.41, 5.74) is 0.894. The molecule has 0 fully saturated rings. The minimum absolute atomic E-state index is 0.0390. The molecule has 0 amide bonds. The quantitative estimate of drug-likeness (QED) is 0.288. The molecule has 0 spiro atoms. The lowest BCUT2D eigenvalue weighted by Gasteiger charge is -2.28. The first-order chi connectivity index (χ1) is 10.7. The Kier molecular flexibility index (Phi) is 10.9. The fourth-order valence-corrected chi connectivity index (χ4v) is 2.60. The highest BCUT2D eigenvalue weighted by molar-refractivity contribution is 5.83. The number of hydrogen-bond donors (Lipinski definition) is 0. The SMILES string of the molecule is CCOC(=O)C=C(C)C=CCC(C)CCCC(C)(C)OC(C)C. The van der Waals surface area contributed by atoms with E-state index in [0.717, 1.165) is 18.4 Å². The van der Waals surface area contributed by atoms with Crippen molar-refractivity contribution >= 4 is 5.97 Å². The average Bonchev–Trinajstić information content (AvgIpc) is 2.36. The minimum Gasteiger partial charge on any atom is -0.463 e. The Bertz CT molecular complexity index is 392. The van der Waals surface area contributed by atoms with Crippen LogP contribution in [0, 0.1) is 5.92 Å². The van der Waals surface area contributed by atoms with E-state index in [-0.39, 0.29) is 17.7 Å². The Balaban J connectivity index is 4.05. The van der Waals surface area contributed by atoms with Crippen molar-refractivity contribution in [3.8, 4) is 0 Å². The molecule has 0 rings (SSSR count). The maximum absolute atomic E-state index is 11.3. The second-order valence-corrected chi connectivity index (χ2v) is 7.20. The topological polar surface area (TPSA) is 35.5 Å². The number of ether oxygens (including phenoxy) is 2. The molecule has 0 saturated heterocycles. The van der Waals surface area contributed by atoms with Crippen molar-refractivity contribution in [2.75, 3.05) is 6.61 Å². The third kappa shape index (κ3) is 13.1. The fraction of sp³-hybridized carbons (Fsp3) is 0.750. The Morgan fingerprint density at radius 3 is 2.43 bits per heavy atom. The smallest absolute Gasteiger partial charge is 0.330 e. The lowest BCUT2D eigenvalue weighted by Crippen LogP contribution is -2.28. The van der Waals surface area contributed by atoms with Gasteiger partial charge in [0, 0.05) is 6.08 Å². The molecular formula is C20H36O3. The van der Waals surface area contributed by atoms with Crippen LogP contribution in [-0.2, 0) is 14.3 Å². The van der Waals surface area contributed by atoms with E-state index >= 15 is 0 Å². The highest BCUT2D eigenvalue weighted by Gasteiger charge is 2.19. The molecule has 1 atom stereocenters. The first kappa shape index (κ1) is 21.9. The van der Waals surface area contributed by atoms with E-state index < -0.39 is 0 Å². The molecule has 0 aromatic heterocycles. The Morgan fingerprint density at radius 1 is 1.22 bits per heavy atom. The lowest BCUT2D eigenvalue weighted by molar-refractivity contribution is -0.137. The molecule has 134 valence electrons. The normalized spacial score (nSPS) is 14.5. The summed E-state index contributed by atoms with van der Waals surface area (Å²) in [6.07, 6.45) is 10.4. The van der Waals surface area contributed by atoms with Gasteiger partial charge in [-0.1, -0.05) is 31.9 Å². The molecular weight excluding hydrogens is 288 g/mol. The van der Waals surface area contributed by atoms with Crippen molar-refractivity contribution in [2.24, 2.45) is 5.92 Å². The van der Waals surface area contributed by atoms with Crippen LogP contribution in [0.1, 0.15) is 74.1 Å². The summed E-state index contributed by atoms with van der Waals surface area (Å²) in [5.74, 6) is 0.367. The second-order valence-electron chi connectivity index (χ2n) is 7.20. The molecule has 0 bridgehead atoms. The van der Waals surface area contributed by atoms with Crippen molar-refractivity contribution in [3.05, 3.63) is 23.8 Å². The monoisotopic (exact) mass is 324 g/mol. The predicted molar refractivity (Wildman–Crippen MR) is 97.5 cm³/mol. The number of rotatable bonds is 11. The van der Waals surface area contributed by atoms with Gasteiger partial charge in [-0.15, -0.1) is 0 Å². The van der Waals surface area contributed by atoms with Gasteiger partial charge in [0.25, 0.3) is 0 Å². The van der Waals surface area contributed by atoms with Crippen molar-refractivity contribution in [1.29, 1.82) is 0 Å². The summed E-state index contributed by atoms with van der Waals surface area (Å²) >= 11 is 0. The molecule has 0 aliphatic carbocycles. The maximum atomic E-state index is 11.3. The van der Waals surface area contributed by atoms with E-state index in [2.05, 4.69) is 40.7 Å². The van der Waals surface area contributed by atoms with Crippen LogP contribution < -0.4 is 0 Å². The highest BCUT2D eigenvalue weighted by atomic mass is 16.5. The molecule has 0 radical (unpaired) electrons. The van der Waals surface area contributed by atoms with Crippen LogP contribution in [0.2, 0.25) is 0 Å². The lowest BCUT2D eigenvalue weighted by atomic mass is 9.94. The van der Waals surface area contributed by atoms with Crippen LogP contribution in [0.25, 0.3) is 0 Å². The van der Waals surface area contributed by atoms with Gasteiger partial charge in [0.1, 0.15) is 0 Å².